The Labute approximate surface area is 151 Å². The topological polar surface area (TPSA) is 117 Å². The summed E-state index contributed by atoms with van der Waals surface area (Å²) in [6.45, 7) is 1.52. The lowest BCUT2D eigenvalue weighted by Crippen LogP contribution is -2.39. The van der Waals surface area contributed by atoms with Gasteiger partial charge >= 0.3 is 0 Å². The maximum atomic E-state index is 12.8. The van der Waals surface area contributed by atoms with Crippen LogP contribution in [0.1, 0.15) is 49.5 Å². The molecule has 1 aliphatic carbocycles. The average Bonchev–Trinajstić information content (AvgIpc) is 2.64. The van der Waals surface area contributed by atoms with Crippen LogP contribution in [-0.4, -0.2) is 28.9 Å². The second kappa shape index (κ2) is 7.70. The number of rotatable bonds is 4. The Kier molecular flexibility index (Phi) is 5.37. The quantitative estimate of drug-likeness (QED) is 0.669. The first-order valence-electron chi connectivity index (χ1n) is 8.99. The first-order chi connectivity index (χ1) is 12.5. The van der Waals surface area contributed by atoms with Crippen molar-refractivity contribution in [2.75, 3.05) is 5.32 Å². The molecule has 7 heteroatoms. The largest absolute Gasteiger partial charge is 0.349 e. The highest BCUT2D eigenvalue weighted by Crippen LogP contribution is 2.20. The van der Waals surface area contributed by atoms with Crippen molar-refractivity contribution in [1.82, 2.24) is 10.3 Å². The van der Waals surface area contributed by atoms with E-state index >= 15 is 0 Å². The number of para-hydroxylation sites is 1. The fourth-order valence-electron chi connectivity index (χ4n) is 3.27. The highest BCUT2D eigenvalue weighted by atomic mass is 16.2. The number of pyridine rings is 1. The van der Waals surface area contributed by atoms with Crippen LogP contribution < -0.4 is 21.8 Å². The molecule has 1 aromatic carbocycles. The normalized spacial score (nSPS) is 16.2. The molecule has 1 fully saturated rings. The molecular formula is C19H24N4O3. The van der Waals surface area contributed by atoms with Crippen molar-refractivity contribution >= 4 is 28.4 Å². The second-order valence-electron chi connectivity index (χ2n) is 6.84. The molecule has 0 bridgehead atoms. The zero-order valence-electron chi connectivity index (χ0n) is 14.8. The van der Waals surface area contributed by atoms with Crippen molar-refractivity contribution in [3.05, 3.63) is 40.2 Å². The molecule has 2 amide bonds. The Morgan fingerprint density at radius 2 is 1.88 bits per heavy atom. The summed E-state index contributed by atoms with van der Waals surface area (Å²) in [6.07, 6.45) is 5.17. The van der Waals surface area contributed by atoms with E-state index in [0.717, 1.165) is 25.7 Å². The first kappa shape index (κ1) is 18.1. The number of amides is 2. The monoisotopic (exact) mass is 356 g/mol. The molecule has 1 heterocycles. The Bertz CT molecular complexity index is 882. The third-order valence-corrected chi connectivity index (χ3v) is 4.74. The average molecular weight is 356 g/mol. The van der Waals surface area contributed by atoms with Crippen molar-refractivity contribution in [2.24, 2.45) is 5.73 Å². The number of carbonyl (C=O) groups is 2. The van der Waals surface area contributed by atoms with E-state index in [9.17, 15) is 14.4 Å². The summed E-state index contributed by atoms with van der Waals surface area (Å²) in [5.74, 6) is -0.905. The number of aromatic amines is 1. The Hall–Kier alpha value is -2.67. The maximum absolute atomic E-state index is 12.8. The fraction of sp³-hybridized carbons (Fsp3) is 0.421. The van der Waals surface area contributed by atoms with Gasteiger partial charge in [-0.05, 0) is 31.9 Å². The molecule has 0 saturated heterocycles. The summed E-state index contributed by atoms with van der Waals surface area (Å²) in [5.41, 5.74) is 5.75. The summed E-state index contributed by atoms with van der Waals surface area (Å²) in [7, 11) is 0. The SMILES string of the molecule is CC(N)C(=O)Nc1c(C(=O)NC2CCCCC2)[nH]c2ccccc2c1=O. The number of benzene rings is 1. The van der Waals surface area contributed by atoms with E-state index in [-0.39, 0.29) is 23.3 Å². The molecule has 0 aliphatic heterocycles. The number of fused-ring (bicyclic) bond motifs is 1. The number of H-pyrrole nitrogens is 1. The number of carbonyl (C=O) groups excluding carboxylic acids is 2. The van der Waals surface area contributed by atoms with Crippen LogP contribution in [0.3, 0.4) is 0 Å². The Morgan fingerprint density at radius 1 is 1.19 bits per heavy atom. The van der Waals surface area contributed by atoms with Crippen LogP contribution in [0.15, 0.2) is 29.1 Å². The van der Waals surface area contributed by atoms with Crippen LogP contribution in [0.25, 0.3) is 10.9 Å². The van der Waals surface area contributed by atoms with Crippen LogP contribution in [0.5, 0.6) is 0 Å². The zero-order valence-corrected chi connectivity index (χ0v) is 14.8. The number of hydrogen-bond donors (Lipinski definition) is 4. The number of hydrogen-bond acceptors (Lipinski definition) is 4. The first-order valence-corrected chi connectivity index (χ1v) is 8.99. The number of anilines is 1. The molecule has 1 atom stereocenters. The van der Waals surface area contributed by atoms with E-state index in [1.165, 1.54) is 13.3 Å². The van der Waals surface area contributed by atoms with Gasteiger partial charge in [0.1, 0.15) is 11.4 Å². The molecular weight excluding hydrogens is 332 g/mol. The van der Waals surface area contributed by atoms with Gasteiger partial charge in [0.15, 0.2) is 0 Å². The summed E-state index contributed by atoms with van der Waals surface area (Å²) in [5, 5.41) is 5.90. The van der Waals surface area contributed by atoms with Crippen molar-refractivity contribution in [3.8, 4) is 0 Å². The van der Waals surface area contributed by atoms with Crippen LogP contribution in [-0.2, 0) is 4.79 Å². The summed E-state index contributed by atoms with van der Waals surface area (Å²) < 4.78 is 0. The van der Waals surface area contributed by atoms with Gasteiger partial charge in [0.25, 0.3) is 5.91 Å². The molecule has 3 rings (SSSR count). The van der Waals surface area contributed by atoms with Crippen molar-refractivity contribution in [2.45, 2.75) is 51.1 Å². The lowest BCUT2D eigenvalue weighted by Gasteiger charge is -2.23. The molecule has 138 valence electrons. The fourth-order valence-corrected chi connectivity index (χ4v) is 3.27. The third kappa shape index (κ3) is 3.77. The molecule has 0 radical (unpaired) electrons. The van der Waals surface area contributed by atoms with E-state index < -0.39 is 17.4 Å². The van der Waals surface area contributed by atoms with E-state index in [2.05, 4.69) is 15.6 Å². The van der Waals surface area contributed by atoms with Crippen LogP contribution >= 0.6 is 0 Å². The van der Waals surface area contributed by atoms with Gasteiger partial charge < -0.3 is 21.4 Å². The molecule has 1 unspecified atom stereocenters. The molecule has 1 aromatic heterocycles. The zero-order chi connectivity index (χ0) is 18.7. The van der Waals surface area contributed by atoms with Gasteiger partial charge in [-0.25, -0.2) is 0 Å². The minimum atomic E-state index is -0.796. The lowest BCUT2D eigenvalue weighted by atomic mass is 9.95. The number of nitrogens with two attached hydrogens (primary N) is 1. The highest BCUT2D eigenvalue weighted by molar-refractivity contribution is 6.05. The van der Waals surface area contributed by atoms with Gasteiger partial charge in [-0.2, -0.15) is 0 Å². The molecule has 5 N–H and O–H groups in total. The summed E-state index contributed by atoms with van der Waals surface area (Å²) in [4.78, 5) is 40.7. The highest BCUT2D eigenvalue weighted by Gasteiger charge is 2.23. The molecule has 0 spiro atoms. The molecule has 26 heavy (non-hydrogen) atoms. The van der Waals surface area contributed by atoms with Crippen molar-refractivity contribution in [1.29, 1.82) is 0 Å². The standard InChI is InChI=1S/C19H24N4O3/c1-11(20)18(25)23-15-16(19(26)21-12-7-3-2-4-8-12)22-14-10-6-5-9-13(14)17(15)24/h5-6,9-12H,2-4,7-8,20H2,1H3,(H,21,26)(H,22,24)(H,23,25). The van der Waals surface area contributed by atoms with Gasteiger partial charge in [-0.1, -0.05) is 31.4 Å². The smallest absolute Gasteiger partial charge is 0.270 e. The molecule has 2 aromatic rings. The molecule has 1 saturated carbocycles. The predicted octanol–water partition coefficient (Wildman–Crippen LogP) is 1.88. The predicted molar refractivity (Wildman–Crippen MR) is 101 cm³/mol. The van der Waals surface area contributed by atoms with Crippen LogP contribution in [0.4, 0.5) is 5.69 Å². The third-order valence-electron chi connectivity index (χ3n) is 4.74. The van der Waals surface area contributed by atoms with E-state index in [1.807, 2.05) is 0 Å². The van der Waals surface area contributed by atoms with Gasteiger partial charge in [0, 0.05) is 16.9 Å². The minimum absolute atomic E-state index is 0.0562. The summed E-state index contributed by atoms with van der Waals surface area (Å²) >= 11 is 0. The van der Waals surface area contributed by atoms with Gasteiger partial charge in [0.05, 0.1) is 6.04 Å². The van der Waals surface area contributed by atoms with Gasteiger partial charge in [-0.3, -0.25) is 14.4 Å². The van der Waals surface area contributed by atoms with Gasteiger partial charge in [-0.15, -0.1) is 0 Å². The Morgan fingerprint density at radius 3 is 2.58 bits per heavy atom. The molecule has 1 aliphatic rings. The van der Waals surface area contributed by atoms with Crippen molar-refractivity contribution < 1.29 is 9.59 Å². The number of nitrogens with one attached hydrogen (secondary N) is 3. The maximum Gasteiger partial charge on any atom is 0.270 e. The van der Waals surface area contributed by atoms with Gasteiger partial charge in [0.2, 0.25) is 11.3 Å². The lowest BCUT2D eigenvalue weighted by molar-refractivity contribution is -0.117. The summed E-state index contributed by atoms with van der Waals surface area (Å²) in [6, 6.07) is 6.18. The van der Waals surface area contributed by atoms with E-state index in [0.29, 0.717) is 10.9 Å². The number of aromatic nitrogens is 1. The van der Waals surface area contributed by atoms with Crippen LogP contribution in [0.2, 0.25) is 0 Å². The second-order valence-corrected chi connectivity index (χ2v) is 6.84. The van der Waals surface area contributed by atoms with E-state index in [1.54, 1.807) is 24.3 Å². The Balaban J connectivity index is 2.01. The van der Waals surface area contributed by atoms with Crippen LogP contribution in [0, 0.1) is 0 Å². The minimum Gasteiger partial charge on any atom is -0.349 e. The van der Waals surface area contributed by atoms with E-state index in [4.69, 9.17) is 5.73 Å². The molecule has 7 nitrogen and oxygen atoms in total. The van der Waals surface area contributed by atoms with Crippen molar-refractivity contribution in [3.63, 3.8) is 0 Å².